The van der Waals surface area contributed by atoms with Crippen LogP contribution in [0, 0.1) is 0 Å². The number of esters is 1. The summed E-state index contributed by atoms with van der Waals surface area (Å²) in [6.45, 7) is 6.74. The summed E-state index contributed by atoms with van der Waals surface area (Å²) in [4.78, 5) is 26.9. The van der Waals surface area contributed by atoms with Crippen molar-refractivity contribution in [1.82, 2.24) is 4.31 Å². The number of benzene rings is 2. The maximum absolute atomic E-state index is 12.7. The van der Waals surface area contributed by atoms with Crippen LogP contribution in [-0.4, -0.2) is 70.5 Å². The highest BCUT2D eigenvalue weighted by molar-refractivity contribution is 7.89. The standard InChI is InChI=1S/C23H28N2O6S/c1-3-24(4-2)20-9-5-19(6-10-20)23(27)31-17-22(26)18-7-11-21(12-8-18)32(28,29)25-13-15-30-16-14-25/h5-12H,3-4,13-17H2,1-2H3. The maximum atomic E-state index is 12.7. The van der Waals surface area contributed by atoms with E-state index in [1.807, 2.05) is 12.1 Å². The van der Waals surface area contributed by atoms with Gasteiger partial charge in [0.15, 0.2) is 12.4 Å². The molecular formula is C23H28N2O6S. The number of morpholine rings is 1. The molecule has 0 amide bonds. The molecule has 1 fully saturated rings. The molecule has 32 heavy (non-hydrogen) atoms. The van der Waals surface area contributed by atoms with Crippen LogP contribution < -0.4 is 4.90 Å². The lowest BCUT2D eigenvalue weighted by Gasteiger charge is -2.26. The molecule has 0 aromatic heterocycles. The number of ketones is 1. The van der Waals surface area contributed by atoms with Crippen LogP contribution in [0.2, 0.25) is 0 Å². The van der Waals surface area contributed by atoms with Gasteiger partial charge in [0.2, 0.25) is 10.0 Å². The molecular weight excluding hydrogens is 432 g/mol. The van der Waals surface area contributed by atoms with E-state index < -0.39 is 28.4 Å². The van der Waals surface area contributed by atoms with Crippen molar-refractivity contribution in [3.05, 3.63) is 59.7 Å². The van der Waals surface area contributed by atoms with Gasteiger partial charge in [0.1, 0.15) is 0 Å². The molecule has 0 spiro atoms. The number of Topliss-reactive ketones (excluding diaryl/α,β-unsaturated/α-hetero) is 1. The number of hydrogen-bond acceptors (Lipinski definition) is 7. The van der Waals surface area contributed by atoms with E-state index in [2.05, 4.69) is 18.7 Å². The van der Waals surface area contributed by atoms with E-state index in [0.29, 0.717) is 31.9 Å². The van der Waals surface area contributed by atoms with Crippen LogP contribution in [0.4, 0.5) is 5.69 Å². The fourth-order valence-corrected chi connectivity index (χ4v) is 4.85. The summed E-state index contributed by atoms with van der Waals surface area (Å²) in [5.41, 5.74) is 1.64. The minimum absolute atomic E-state index is 0.112. The first-order valence-electron chi connectivity index (χ1n) is 10.6. The van der Waals surface area contributed by atoms with Crippen molar-refractivity contribution in [1.29, 1.82) is 0 Å². The molecule has 1 aliphatic heterocycles. The van der Waals surface area contributed by atoms with Crippen molar-refractivity contribution in [2.75, 3.05) is 50.9 Å². The topological polar surface area (TPSA) is 93.2 Å². The first-order chi connectivity index (χ1) is 15.4. The predicted molar refractivity (Wildman–Crippen MR) is 121 cm³/mol. The summed E-state index contributed by atoms with van der Waals surface area (Å²) in [6, 6.07) is 12.7. The Morgan fingerprint density at radius 1 is 0.938 bits per heavy atom. The molecule has 0 N–H and O–H groups in total. The molecule has 3 rings (SSSR count). The highest BCUT2D eigenvalue weighted by atomic mass is 32.2. The molecule has 0 aliphatic carbocycles. The van der Waals surface area contributed by atoms with Gasteiger partial charge in [-0.05, 0) is 62.4 Å². The van der Waals surface area contributed by atoms with Gasteiger partial charge >= 0.3 is 5.97 Å². The van der Waals surface area contributed by atoms with Crippen molar-refractivity contribution in [2.45, 2.75) is 18.7 Å². The van der Waals surface area contributed by atoms with Gasteiger partial charge in [-0.15, -0.1) is 0 Å². The lowest BCUT2D eigenvalue weighted by Crippen LogP contribution is -2.40. The summed E-state index contributed by atoms with van der Waals surface area (Å²) in [7, 11) is -3.63. The highest BCUT2D eigenvalue weighted by Gasteiger charge is 2.26. The SMILES string of the molecule is CCN(CC)c1ccc(C(=O)OCC(=O)c2ccc(S(=O)(=O)N3CCOCC3)cc2)cc1. The summed E-state index contributed by atoms with van der Waals surface area (Å²) in [5, 5.41) is 0. The molecule has 9 heteroatoms. The highest BCUT2D eigenvalue weighted by Crippen LogP contribution is 2.19. The van der Waals surface area contributed by atoms with Crippen LogP contribution in [0.25, 0.3) is 0 Å². The first-order valence-corrected chi connectivity index (χ1v) is 12.0. The van der Waals surface area contributed by atoms with Crippen molar-refractivity contribution < 1.29 is 27.5 Å². The second kappa shape index (κ2) is 10.7. The lowest BCUT2D eigenvalue weighted by molar-refractivity contribution is 0.0475. The molecule has 1 saturated heterocycles. The minimum atomic E-state index is -3.63. The molecule has 2 aromatic carbocycles. The van der Waals surface area contributed by atoms with Crippen molar-refractivity contribution in [2.24, 2.45) is 0 Å². The lowest BCUT2D eigenvalue weighted by atomic mass is 10.1. The molecule has 0 bridgehead atoms. The molecule has 172 valence electrons. The van der Waals surface area contributed by atoms with Crippen molar-refractivity contribution in [3.8, 4) is 0 Å². The Morgan fingerprint density at radius 3 is 2.06 bits per heavy atom. The van der Waals surface area contributed by atoms with Gasteiger partial charge in [-0.25, -0.2) is 13.2 Å². The summed E-state index contributed by atoms with van der Waals surface area (Å²) < 4.78 is 37.0. The first kappa shape index (κ1) is 23.9. The minimum Gasteiger partial charge on any atom is -0.454 e. The molecule has 0 atom stereocenters. The summed E-state index contributed by atoms with van der Waals surface area (Å²) in [6.07, 6.45) is 0. The van der Waals surface area contributed by atoms with Gasteiger partial charge in [0, 0.05) is 37.4 Å². The number of nitrogens with zero attached hydrogens (tertiary/aromatic N) is 2. The van der Waals surface area contributed by atoms with E-state index in [1.165, 1.54) is 28.6 Å². The zero-order valence-corrected chi connectivity index (χ0v) is 19.1. The summed E-state index contributed by atoms with van der Waals surface area (Å²) in [5.74, 6) is -0.996. The predicted octanol–water partition coefficient (Wildman–Crippen LogP) is 2.59. The van der Waals surface area contributed by atoms with Gasteiger partial charge in [0.05, 0.1) is 23.7 Å². The van der Waals surface area contributed by atoms with E-state index in [-0.39, 0.29) is 10.5 Å². The smallest absolute Gasteiger partial charge is 0.338 e. The maximum Gasteiger partial charge on any atom is 0.338 e. The third-order valence-corrected chi connectivity index (χ3v) is 7.26. The Labute approximate surface area is 188 Å². The number of carbonyl (C=O) groups is 2. The van der Waals surface area contributed by atoms with Crippen LogP contribution in [0.1, 0.15) is 34.6 Å². The van der Waals surface area contributed by atoms with E-state index in [9.17, 15) is 18.0 Å². The third kappa shape index (κ3) is 5.53. The van der Waals surface area contributed by atoms with Gasteiger partial charge in [-0.1, -0.05) is 0 Å². The largest absolute Gasteiger partial charge is 0.454 e. The Morgan fingerprint density at radius 2 is 1.50 bits per heavy atom. The number of hydrogen-bond donors (Lipinski definition) is 0. The number of rotatable bonds is 9. The number of carbonyl (C=O) groups excluding carboxylic acids is 2. The van der Waals surface area contributed by atoms with Gasteiger partial charge in [-0.3, -0.25) is 4.79 Å². The van der Waals surface area contributed by atoms with Crippen LogP contribution >= 0.6 is 0 Å². The molecule has 1 heterocycles. The van der Waals surface area contributed by atoms with Crippen molar-refractivity contribution in [3.63, 3.8) is 0 Å². The van der Waals surface area contributed by atoms with E-state index in [1.54, 1.807) is 12.1 Å². The summed E-state index contributed by atoms with van der Waals surface area (Å²) >= 11 is 0. The van der Waals surface area contributed by atoms with Crippen LogP contribution in [0.15, 0.2) is 53.4 Å². The monoisotopic (exact) mass is 460 g/mol. The van der Waals surface area contributed by atoms with Crippen LogP contribution in [-0.2, 0) is 19.5 Å². The van der Waals surface area contributed by atoms with Gasteiger partial charge in [-0.2, -0.15) is 4.31 Å². The third-order valence-electron chi connectivity index (χ3n) is 5.35. The van der Waals surface area contributed by atoms with Crippen LogP contribution in [0.5, 0.6) is 0 Å². The number of anilines is 1. The Kier molecular flexibility index (Phi) is 8.00. The number of sulfonamides is 1. The molecule has 2 aromatic rings. The van der Waals surface area contributed by atoms with E-state index in [4.69, 9.17) is 9.47 Å². The zero-order valence-electron chi connectivity index (χ0n) is 18.3. The van der Waals surface area contributed by atoms with E-state index >= 15 is 0 Å². The zero-order chi connectivity index (χ0) is 23.1. The number of ether oxygens (including phenoxy) is 2. The molecule has 1 aliphatic rings. The fraction of sp³-hybridized carbons (Fsp3) is 0.391. The van der Waals surface area contributed by atoms with Gasteiger partial charge in [0.25, 0.3) is 0 Å². The molecule has 0 unspecified atom stereocenters. The molecule has 0 radical (unpaired) electrons. The fourth-order valence-electron chi connectivity index (χ4n) is 3.44. The Balaban J connectivity index is 1.58. The Hall–Kier alpha value is -2.75. The second-order valence-electron chi connectivity index (χ2n) is 7.26. The van der Waals surface area contributed by atoms with Gasteiger partial charge < -0.3 is 14.4 Å². The Bertz CT molecular complexity index is 1030. The van der Waals surface area contributed by atoms with Crippen molar-refractivity contribution >= 4 is 27.5 Å². The average molecular weight is 461 g/mol. The van der Waals surface area contributed by atoms with E-state index in [0.717, 1.165) is 18.8 Å². The van der Waals surface area contributed by atoms with Crippen LogP contribution in [0.3, 0.4) is 0 Å². The quantitative estimate of drug-likeness (QED) is 0.419. The normalized spacial score (nSPS) is 14.7. The second-order valence-corrected chi connectivity index (χ2v) is 9.20. The molecule has 8 nitrogen and oxygen atoms in total. The molecule has 0 saturated carbocycles. The average Bonchev–Trinajstić information content (AvgIpc) is 2.84.